The van der Waals surface area contributed by atoms with Gasteiger partial charge >= 0.3 is 0 Å². The van der Waals surface area contributed by atoms with Crippen molar-refractivity contribution < 1.29 is 9.72 Å². The fourth-order valence-corrected chi connectivity index (χ4v) is 4.31. The summed E-state index contributed by atoms with van der Waals surface area (Å²) in [7, 11) is 0. The molecule has 5 rings (SSSR count). The van der Waals surface area contributed by atoms with Crippen molar-refractivity contribution in [3.8, 4) is 11.4 Å². The average Bonchev–Trinajstić information content (AvgIpc) is 3.15. The van der Waals surface area contributed by atoms with E-state index in [0.29, 0.717) is 29.3 Å². The molecule has 2 aromatic heterocycles. The van der Waals surface area contributed by atoms with Crippen LogP contribution in [-0.2, 0) is 4.79 Å². The summed E-state index contributed by atoms with van der Waals surface area (Å²) in [6, 6.07) is 9.44. The van der Waals surface area contributed by atoms with Crippen LogP contribution in [0.3, 0.4) is 0 Å². The Labute approximate surface area is 178 Å². The second kappa shape index (κ2) is 6.83. The van der Waals surface area contributed by atoms with Gasteiger partial charge in [-0.2, -0.15) is 4.98 Å². The van der Waals surface area contributed by atoms with Gasteiger partial charge in [0.15, 0.2) is 11.6 Å². The first-order valence-electron chi connectivity index (χ1n) is 9.97. The average molecular weight is 416 g/mol. The molecule has 1 aliphatic carbocycles. The van der Waals surface area contributed by atoms with Crippen LogP contribution in [0.2, 0.25) is 0 Å². The molecule has 0 amide bonds. The van der Waals surface area contributed by atoms with Gasteiger partial charge in [-0.3, -0.25) is 19.9 Å². The molecule has 0 fully saturated rings. The number of aromatic nitrogens is 4. The number of carbonyl (C=O) groups is 1. The van der Waals surface area contributed by atoms with Gasteiger partial charge in [0.1, 0.15) is 6.04 Å². The molecular weight excluding hydrogens is 396 g/mol. The lowest BCUT2D eigenvalue weighted by molar-refractivity contribution is -0.384. The number of pyridine rings is 1. The van der Waals surface area contributed by atoms with Crippen molar-refractivity contribution in [3.05, 3.63) is 75.7 Å². The standard InChI is InChI=1S/C22H20N6O3/c1-22(2)10-16-18(17(29)11-22)19(14-4-3-9-23-12-14)27-21(24-16)25-20(26-27)13-5-7-15(8-6-13)28(30)31/h3-9,12,19H,10-11H2,1-2H3,(H,24,25,26). The summed E-state index contributed by atoms with van der Waals surface area (Å²) in [6.07, 6.45) is 4.62. The van der Waals surface area contributed by atoms with Crippen LogP contribution < -0.4 is 5.32 Å². The third kappa shape index (κ3) is 3.27. The molecule has 156 valence electrons. The molecule has 1 unspecified atom stereocenters. The minimum absolute atomic E-state index is 0.00374. The molecule has 1 aromatic carbocycles. The van der Waals surface area contributed by atoms with Gasteiger partial charge in [0.2, 0.25) is 5.95 Å². The van der Waals surface area contributed by atoms with E-state index in [4.69, 9.17) is 0 Å². The minimum Gasteiger partial charge on any atom is -0.328 e. The Hall–Kier alpha value is -3.88. The molecule has 1 atom stereocenters. The maximum atomic E-state index is 13.2. The molecule has 3 aromatic rings. The Morgan fingerprint density at radius 2 is 1.97 bits per heavy atom. The summed E-state index contributed by atoms with van der Waals surface area (Å²) in [6.45, 7) is 4.16. The Morgan fingerprint density at radius 3 is 2.65 bits per heavy atom. The fourth-order valence-electron chi connectivity index (χ4n) is 4.31. The van der Waals surface area contributed by atoms with Crippen molar-refractivity contribution in [2.24, 2.45) is 5.41 Å². The zero-order valence-corrected chi connectivity index (χ0v) is 17.1. The van der Waals surface area contributed by atoms with Crippen molar-refractivity contribution >= 4 is 17.4 Å². The molecule has 0 saturated heterocycles. The molecule has 31 heavy (non-hydrogen) atoms. The first-order valence-corrected chi connectivity index (χ1v) is 9.97. The molecule has 0 spiro atoms. The van der Waals surface area contributed by atoms with E-state index in [1.807, 2.05) is 12.1 Å². The number of anilines is 1. The summed E-state index contributed by atoms with van der Waals surface area (Å²) >= 11 is 0. The number of carbonyl (C=O) groups excluding carboxylic acids is 1. The summed E-state index contributed by atoms with van der Waals surface area (Å²) in [5, 5.41) is 19.0. The number of nitro groups is 1. The highest BCUT2D eigenvalue weighted by molar-refractivity contribution is 6.00. The number of nitrogens with one attached hydrogen (secondary N) is 1. The number of benzene rings is 1. The molecule has 1 N–H and O–H groups in total. The van der Waals surface area contributed by atoms with E-state index in [1.165, 1.54) is 12.1 Å². The van der Waals surface area contributed by atoms with E-state index in [-0.39, 0.29) is 16.9 Å². The second-order valence-electron chi connectivity index (χ2n) is 8.65. The van der Waals surface area contributed by atoms with Crippen LogP contribution in [0, 0.1) is 15.5 Å². The number of nitrogens with zero attached hydrogens (tertiary/aromatic N) is 5. The quantitative estimate of drug-likeness (QED) is 0.508. The van der Waals surface area contributed by atoms with Gasteiger partial charge in [-0.1, -0.05) is 19.9 Å². The number of fused-ring (bicyclic) bond motifs is 1. The van der Waals surface area contributed by atoms with Crippen molar-refractivity contribution in [2.75, 3.05) is 5.32 Å². The molecule has 0 radical (unpaired) electrons. The number of non-ortho nitro benzene ring substituents is 1. The van der Waals surface area contributed by atoms with Crippen LogP contribution in [0.25, 0.3) is 11.4 Å². The number of Topliss-reactive ketones (excluding diaryl/α,β-unsaturated/α-hetero) is 1. The third-order valence-electron chi connectivity index (χ3n) is 5.67. The molecular formula is C22H20N6O3. The first kappa shape index (κ1) is 19.1. The number of allylic oxidation sites excluding steroid dienone is 2. The van der Waals surface area contributed by atoms with Gasteiger partial charge in [0, 0.05) is 47.8 Å². The molecule has 0 saturated carbocycles. The zero-order chi connectivity index (χ0) is 21.8. The summed E-state index contributed by atoms with van der Waals surface area (Å²) in [4.78, 5) is 32.6. The highest BCUT2D eigenvalue weighted by atomic mass is 16.6. The Morgan fingerprint density at radius 1 is 1.19 bits per heavy atom. The maximum absolute atomic E-state index is 13.2. The second-order valence-corrected chi connectivity index (χ2v) is 8.65. The molecule has 3 heterocycles. The predicted molar refractivity (Wildman–Crippen MR) is 113 cm³/mol. The van der Waals surface area contributed by atoms with Crippen molar-refractivity contribution in [1.82, 2.24) is 19.7 Å². The smallest absolute Gasteiger partial charge is 0.269 e. The molecule has 0 bridgehead atoms. The van der Waals surface area contributed by atoms with Crippen molar-refractivity contribution in [2.45, 2.75) is 32.7 Å². The predicted octanol–water partition coefficient (Wildman–Crippen LogP) is 3.91. The molecule has 9 nitrogen and oxygen atoms in total. The SMILES string of the molecule is CC1(C)CC(=O)C2=C(C1)Nc1nc(-c3ccc([N+](=O)[O-])cc3)nn1C2c1cccnc1. The maximum Gasteiger partial charge on any atom is 0.269 e. The lowest BCUT2D eigenvalue weighted by Crippen LogP contribution is -2.36. The van der Waals surface area contributed by atoms with Crippen LogP contribution in [-0.4, -0.2) is 30.5 Å². The van der Waals surface area contributed by atoms with Crippen molar-refractivity contribution in [3.63, 3.8) is 0 Å². The lowest BCUT2D eigenvalue weighted by atomic mass is 9.73. The minimum atomic E-state index is -0.444. The van der Waals surface area contributed by atoms with E-state index in [0.717, 1.165) is 17.7 Å². The van der Waals surface area contributed by atoms with Crippen LogP contribution in [0.4, 0.5) is 11.6 Å². The third-order valence-corrected chi connectivity index (χ3v) is 5.67. The molecule has 1 aliphatic heterocycles. The number of hydrogen-bond donors (Lipinski definition) is 1. The lowest BCUT2D eigenvalue weighted by Gasteiger charge is -2.38. The topological polar surface area (TPSA) is 116 Å². The summed E-state index contributed by atoms with van der Waals surface area (Å²) in [5.74, 6) is 1.05. The highest BCUT2D eigenvalue weighted by Gasteiger charge is 2.42. The van der Waals surface area contributed by atoms with E-state index in [9.17, 15) is 14.9 Å². The van der Waals surface area contributed by atoms with Crippen LogP contribution >= 0.6 is 0 Å². The Kier molecular flexibility index (Phi) is 4.21. The summed E-state index contributed by atoms with van der Waals surface area (Å²) in [5.41, 5.74) is 2.93. The largest absolute Gasteiger partial charge is 0.328 e. The van der Waals surface area contributed by atoms with E-state index < -0.39 is 11.0 Å². The highest BCUT2D eigenvalue weighted by Crippen LogP contribution is 2.45. The van der Waals surface area contributed by atoms with Gasteiger partial charge in [-0.15, -0.1) is 5.10 Å². The van der Waals surface area contributed by atoms with E-state index >= 15 is 0 Å². The molecule has 9 heteroatoms. The number of ketones is 1. The number of hydrogen-bond acceptors (Lipinski definition) is 7. The van der Waals surface area contributed by atoms with Crippen LogP contribution in [0.1, 0.15) is 38.3 Å². The Balaban J connectivity index is 1.63. The van der Waals surface area contributed by atoms with Gasteiger partial charge < -0.3 is 5.32 Å². The van der Waals surface area contributed by atoms with Crippen LogP contribution in [0.5, 0.6) is 0 Å². The fraction of sp³-hybridized carbons (Fsp3) is 0.273. The Bertz CT molecular complexity index is 1230. The van der Waals surface area contributed by atoms with Gasteiger partial charge in [-0.05, 0) is 35.6 Å². The summed E-state index contributed by atoms with van der Waals surface area (Å²) < 4.78 is 1.71. The van der Waals surface area contributed by atoms with E-state index in [1.54, 1.807) is 29.2 Å². The van der Waals surface area contributed by atoms with E-state index in [2.05, 4.69) is 34.2 Å². The number of rotatable bonds is 3. The zero-order valence-electron chi connectivity index (χ0n) is 17.1. The van der Waals surface area contributed by atoms with Crippen LogP contribution in [0.15, 0.2) is 60.1 Å². The van der Waals surface area contributed by atoms with Gasteiger partial charge in [0.05, 0.1) is 4.92 Å². The van der Waals surface area contributed by atoms with Gasteiger partial charge in [0.25, 0.3) is 5.69 Å². The first-order chi connectivity index (χ1) is 14.8. The molecule has 2 aliphatic rings. The van der Waals surface area contributed by atoms with Gasteiger partial charge in [-0.25, -0.2) is 4.68 Å². The van der Waals surface area contributed by atoms with Crippen molar-refractivity contribution in [1.29, 1.82) is 0 Å². The number of nitro benzene ring substituents is 1. The normalized spacial score (nSPS) is 19.4. The monoisotopic (exact) mass is 416 g/mol.